The number of benzene rings is 2. The molecule has 0 N–H and O–H groups in total. The van der Waals surface area contributed by atoms with E-state index in [0.717, 1.165) is 17.5 Å². The molecule has 0 heterocycles. The summed E-state index contributed by atoms with van der Waals surface area (Å²) in [6, 6.07) is 14.8. The minimum atomic E-state index is -3.89. The van der Waals surface area contributed by atoms with Gasteiger partial charge < -0.3 is 0 Å². The van der Waals surface area contributed by atoms with Crippen LogP contribution in [-0.4, -0.2) is 20.3 Å². The Labute approximate surface area is 160 Å². The minimum Gasteiger partial charge on any atom is -0.300 e. The number of fused-ring (bicyclic) bond motifs is 3. The van der Waals surface area contributed by atoms with E-state index in [2.05, 4.69) is 13.0 Å². The molecule has 4 rings (SSSR count). The van der Waals surface area contributed by atoms with Gasteiger partial charge in [0.15, 0.2) is 0 Å². The first kappa shape index (κ1) is 18.4. The second kappa shape index (κ2) is 6.57. The van der Waals surface area contributed by atoms with Gasteiger partial charge in [0.25, 0.3) is 10.1 Å². The van der Waals surface area contributed by atoms with E-state index in [0.29, 0.717) is 19.3 Å². The first-order chi connectivity index (χ1) is 12.8. The largest absolute Gasteiger partial charge is 0.300 e. The van der Waals surface area contributed by atoms with Crippen molar-refractivity contribution >= 4 is 15.9 Å². The number of ketones is 1. The molecule has 0 spiro atoms. The molecule has 1 fully saturated rings. The minimum absolute atomic E-state index is 0.131. The van der Waals surface area contributed by atoms with Crippen LogP contribution < -0.4 is 0 Å². The van der Waals surface area contributed by atoms with Crippen LogP contribution in [-0.2, 0) is 30.9 Å². The fourth-order valence-corrected chi connectivity index (χ4v) is 5.78. The van der Waals surface area contributed by atoms with Crippen molar-refractivity contribution in [3.05, 3.63) is 65.2 Å². The average molecular weight is 384 g/mol. The van der Waals surface area contributed by atoms with E-state index in [1.165, 1.54) is 5.56 Å². The topological polar surface area (TPSA) is 60.4 Å². The van der Waals surface area contributed by atoms with E-state index < -0.39 is 16.2 Å². The van der Waals surface area contributed by atoms with Crippen molar-refractivity contribution in [3.63, 3.8) is 0 Å². The highest BCUT2D eigenvalue weighted by atomic mass is 32.2. The fraction of sp³-hybridized carbons (Fsp3) is 0.409. The lowest BCUT2D eigenvalue weighted by Gasteiger charge is -2.49. The Morgan fingerprint density at radius 2 is 1.74 bits per heavy atom. The Balaban J connectivity index is 1.72. The van der Waals surface area contributed by atoms with E-state index in [9.17, 15) is 13.2 Å². The van der Waals surface area contributed by atoms with Gasteiger partial charge in [0.1, 0.15) is 5.78 Å². The number of aryl methyl sites for hydroxylation is 1. The average Bonchev–Trinajstić information content (AvgIpc) is 2.63. The normalized spacial score (nSPS) is 27.7. The molecule has 0 aliphatic heterocycles. The highest BCUT2D eigenvalue weighted by molar-refractivity contribution is 7.86. The van der Waals surface area contributed by atoms with Gasteiger partial charge in [0.2, 0.25) is 0 Å². The molecule has 1 saturated carbocycles. The molecule has 4 nitrogen and oxygen atoms in total. The monoisotopic (exact) mass is 384 g/mol. The van der Waals surface area contributed by atoms with Crippen molar-refractivity contribution in [1.82, 2.24) is 0 Å². The van der Waals surface area contributed by atoms with Gasteiger partial charge in [0, 0.05) is 25.2 Å². The molecule has 2 aliphatic carbocycles. The van der Waals surface area contributed by atoms with Gasteiger partial charge in [-0.1, -0.05) is 48.9 Å². The van der Waals surface area contributed by atoms with Crippen LogP contribution in [0.25, 0.3) is 0 Å². The van der Waals surface area contributed by atoms with Crippen LogP contribution in [0.1, 0.15) is 42.9 Å². The van der Waals surface area contributed by atoms with E-state index in [1.807, 2.05) is 25.1 Å². The predicted molar refractivity (Wildman–Crippen MR) is 103 cm³/mol. The molecule has 2 aliphatic rings. The molecular formula is C22H24O4S. The Hall–Kier alpha value is -1.98. The van der Waals surface area contributed by atoms with E-state index >= 15 is 0 Å². The molecule has 142 valence electrons. The number of hydrogen-bond acceptors (Lipinski definition) is 4. The molecular weight excluding hydrogens is 360 g/mol. The predicted octanol–water partition coefficient (Wildman–Crippen LogP) is 3.95. The molecule has 0 amide bonds. The first-order valence-electron chi connectivity index (χ1n) is 9.40. The molecule has 0 bridgehead atoms. The van der Waals surface area contributed by atoms with Crippen molar-refractivity contribution in [3.8, 4) is 0 Å². The molecule has 0 aromatic heterocycles. The summed E-state index contributed by atoms with van der Waals surface area (Å²) in [5.74, 6) is 0.0621. The lowest BCUT2D eigenvalue weighted by Crippen LogP contribution is -2.50. The van der Waals surface area contributed by atoms with Crippen LogP contribution in [0.5, 0.6) is 0 Å². The summed E-state index contributed by atoms with van der Waals surface area (Å²) in [7, 11) is -3.89. The molecule has 2 aromatic rings. The van der Waals surface area contributed by atoms with E-state index in [4.69, 9.17) is 4.18 Å². The third kappa shape index (κ3) is 3.23. The van der Waals surface area contributed by atoms with Gasteiger partial charge in [-0.15, -0.1) is 0 Å². The van der Waals surface area contributed by atoms with Crippen LogP contribution >= 0.6 is 0 Å². The van der Waals surface area contributed by atoms with Gasteiger partial charge in [-0.05, 0) is 42.0 Å². The van der Waals surface area contributed by atoms with Crippen molar-refractivity contribution in [2.24, 2.45) is 5.92 Å². The summed E-state index contributed by atoms with van der Waals surface area (Å²) < 4.78 is 31.5. The van der Waals surface area contributed by atoms with Crippen LogP contribution in [0.4, 0.5) is 0 Å². The van der Waals surface area contributed by atoms with Gasteiger partial charge in [0.05, 0.1) is 11.0 Å². The maximum Gasteiger partial charge on any atom is 0.297 e. The van der Waals surface area contributed by atoms with Crippen LogP contribution in [0.2, 0.25) is 0 Å². The second-order valence-corrected chi connectivity index (χ2v) is 9.60. The molecule has 5 heteroatoms. The zero-order valence-electron chi connectivity index (χ0n) is 15.6. The van der Waals surface area contributed by atoms with Crippen molar-refractivity contribution in [1.29, 1.82) is 0 Å². The summed E-state index contributed by atoms with van der Waals surface area (Å²) in [5.41, 5.74) is 3.10. The number of hydrogen-bond donors (Lipinski definition) is 0. The summed E-state index contributed by atoms with van der Waals surface area (Å²) in [5, 5.41) is 0. The Morgan fingerprint density at radius 1 is 1.04 bits per heavy atom. The number of carbonyl (C=O) groups excluding carboxylic acids is 1. The van der Waals surface area contributed by atoms with Crippen LogP contribution in [0.15, 0.2) is 53.4 Å². The van der Waals surface area contributed by atoms with Crippen LogP contribution in [0, 0.1) is 12.8 Å². The fourth-order valence-electron chi connectivity index (χ4n) is 4.67. The number of Topliss-reactive ketones (excluding diaryl/α,β-unsaturated/α-hetero) is 1. The zero-order chi connectivity index (χ0) is 19.2. The first-order valence-corrected chi connectivity index (χ1v) is 10.8. The van der Waals surface area contributed by atoms with E-state index in [-0.39, 0.29) is 22.0 Å². The van der Waals surface area contributed by atoms with E-state index in [1.54, 1.807) is 24.3 Å². The molecule has 27 heavy (non-hydrogen) atoms. The molecule has 3 atom stereocenters. The smallest absolute Gasteiger partial charge is 0.297 e. The summed E-state index contributed by atoms with van der Waals surface area (Å²) >= 11 is 0. The zero-order valence-corrected chi connectivity index (χ0v) is 16.5. The molecule has 0 saturated heterocycles. The van der Waals surface area contributed by atoms with Crippen molar-refractivity contribution in [2.75, 3.05) is 0 Å². The molecule has 0 unspecified atom stereocenters. The highest BCUT2D eigenvalue weighted by Gasteiger charge is 2.50. The lowest BCUT2D eigenvalue weighted by molar-refractivity contribution is -0.125. The summed E-state index contributed by atoms with van der Waals surface area (Å²) in [6.07, 6.45) is 1.63. The third-order valence-corrected chi connectivity index (χ3v) is 7.60. The van der Waals surface area contributed by atoms with Gasteiger partial charge in [-0.3, -0.25) is 8.98 Å². The third-order valence-electron chi connectivity index (χ3n) is 6.25. The maximum atomic E-state index is 12.9. The Kier molecular flexibility index (Phi) is 4.47. The van der Waals surface area contributed by atoms with Crippen molar-refractivity contribution in [2.45, 2.75) is 55.9 Å². The summed E-state index contributed by atoms with van der Waals surface area (Å²) in [6.45, 7) is 4.06. The number of rotatable bonds is 3. The SMILES string of the molecule is Cc1ccc(S(=O)(=O)O[C@@H]2Cc3ccccc3[C@@]3(C)CCC(=O)C[C@@H]23)cc1. The van der Waals surface area contributed by atoms with Gasteiger partial charge in [-0.25, -0.2) is 0 Å². The molecule has 2 aromatic carbocycles. The number of carbonyl (C=O) groups is 1. The molecule has 0 radical (unpaired) electrons. The van der Waals surface area contributed by atoms with Gasteiger partial charge in [-0.2, -0.15) is 8.42 Å². The standard InChI is InChI=1S/C22H24O4S/c1-15-7-9-18(10-8-15)27(24,25)26-21-13-16-5-3-4-6-19(16)22(2)12-11-17(23)14-20(21)22/h3-10,20-21H,11-14H2,1-2H3/t20-,21+,22+/m0/s1. The lowest BCUT2D eigenvalue weighted by atomic mass is 9.57. The summed E-state index contributed by atoms with van der Waals surface area (Å²) in [4.78, 5) is 12.3. The van der Waals surface area contributed by atoms with Crippen molar-refractivity contribution < 1.29 is 17.4 Å². The second-order valence-electron chi connectivity index (χ2n) is 8.03. The Bertz CT molecular complexity index is 978. The highest BCUT2D eigenvalue weighted by Crippen LogP contribution is 2.50. The quantitative estimate of drug-likeness (QED) is 0.752. The van der Waals surface area contributed by atoms with Crippen LogP contribution in [0.3, 0.4) is 0 Å². The van der Waals surface area contributed by atoms with Gasteiger partial charge >= 0.3 is 0 Å². The maximum absolute atomic E-state index is 12.9. The Morgan fingerprint density at radius 3 is 2.48 bits per heavy atom.